The van der Waals surface area contributed by atoms with E-state index in [9.17, 15) is 0 Å². The van der Waals surface area contributed by atoms with Gasteiger partial charge in [0.15, 0.2) is 0 Å². The molecule has 16 heavy (non-hydrogen) atoms. The molecule has 1 aliphatic heterocycles. The molecule has 1 aliphatic carbocycles. The van der Waals surface area contributed by atoms with Crippen LogP contribution in [-0.2, 0) is 0 Å². The highest BCUT2D eigenvalue weighted by molar-refractivity contribution is 5.02. The van der Waals surface area contributed by atoms with Gasteiger partial charge in [0.05, 0.1) is 0 Å². The second kappa shape index (κ2) is 5.05. The van der Waals surface area contributed by atoms with Crippen LogP contribution < -0.4 is 5.73 Å². The molecule has 2 nitrogen and oxygen atoms in total. The van der Waals surface area contributed by atoms with Crippen molar-refractivity contribution in [3.05, 3.63) is 0 Å². The average molecular weight is 224 g/mol. The third-order valence-electron chi connectivity index (χ3n) is 4.93. The zero-order chi connectivity index (χ0) is 11.6. The van der Waals surface area contributed by atoms with E-state index in [1.165, 1.54) is 51.6 Å². The monoisotopic (exact) mass is 224 g/mol. The summed E-state index contributed by atoms with van der Waals surface area (Å²) in [5.74, 6) is 1.87. The molecule has 0 spiro atoms. The number of rotatable bonds is 3. The highest BCUT2D eigenvalue weighted by Gasteiger charge is 2.45. The van der Waals surface area contributed by atoms with Crippen molar-refractivity contribution in [3.63, 3.8) is 0 Å². The highest BCUT2D eigenvalue weighted by atomic mass is 15.2. The summed E-state index contributed by atoms with van der Waals surface area (Å²) >= 11 is 0. The molecule has 1 saturated carbocycles. The van der Waals surface area contributed by atoms with Gasteiger partial charge in [-0.25, -0.2) is 0 Å². The SMILES string of the molecule is CCC1CCCN(C2(CN)CC(C)C2)CC1. The highest BCUT2D eigenvalue weighted by Crippen LogP contribution is 2.42. The maximum Gasteiger partial charge on any atom is 0.0336 e. The third kappa shape index (κ3) is 2.28. The van der Waals surface area contributed by atoms with Gasteiger partial charge in [0.25, 0.3) is 0 Å². The molecule has 2 heteroatoms. The lowest BCUT2D eigenvalue weighted by atomic mass is 9.68. The summed E-state index contributed by atoms with van der Waals surface area (Å²) in [4.78, 5) is 2.72. The van der Waals surface area contributed by atoms with Crippen LogP contribution in [0, 0.1) is 11.8 Å². The van der Waals surface area contributed by atoms with E-state index >= 15 is 0 Å². The molecule has 1 atom stereocenters. The van der Waals surface area contributed by atoms with Crippen molar-refractivity contribution in [2.75, 3.05) is 19.6 Å². The second-order valence-electron chi connectivity index (χ2n) is 6.13. The molecule has 0 radical (unpaired) electrons. The topological polar surface area (TPSA) is 29.3 Å². The van der Waals surface area contributed by atoms with Gasteiger partial charge in [0.2, 0.25) is 0 Å². The number of hydrogen-bond donors (Lipinski definition) is 1. The van der Waals surface area contributed by atoms with Crippen LogP contribution in [0.1, 0.15) is 52.4 Å². The number of nitrogens with zero attached hydrogens (tertiary/aromatic N) is 1. The van der Waals surface area contributed by atoms with Crippen molar-refractivity contribution < 1.29 is 0 Å². The Bertz CT molecular complexity index is 221. The smallest absolute Gasteiger partial charge is 0.0336 e. The van der Waals surface area contributed by atoms with Crippen molar-refractivity contribution in [1.29, 1.82) is 0 Å². The van der Waals surface area contributed by atoms with Crippen molar-refractivity contribution in [2.45, 2.75) is 57.9 Å². The van der Waals surface area contributed by atoms with Crippen LogP contribution in [-0.4, -0.2) is 30.1 Å². The summed E-state index contributed by atoms with van der Waals surface area (Å²) in [7, 11) is 0. The molecule has 2 aliphatic rings. The maximum atomic E-state index is 6.04. The van der Waals surface area contributed by atoms with Crippen LogP contribution in [0.3, 0.4) is 0 Å². The van der Waals surface area contributed by atoms with Gasteiger partial charge in [-0.05, 0) is 57.0 Å². The first-order valence-corrected chi connectivity index (χ1v) is 7.15. The first kappa shape index (κ1) is 12.4. The lowest BCUT2D eigenvalue weighted by Crippen LogP contribution is -2.61. The largest absolute Gasteiger partial charge is 0.329 e. The van der Waals surface area contributed by atoms with Crippen molar-refractivity contribution >= 4 is 0 Å². The number of likely N-dealkylation sites (tertiary alicyclic amines) is 1. The molecule has 94 valence electrons. The van der Waals surface area contributed by atoms with Crippen molar-refractivity contribution in [1.82, 2.24) is 4.90 Å². The van der Waals surface area contributed by atoms with E-state index in [0.29, 0.717) is 5.54 Å². The fourth-order valence-electron chi connectivity index (χ4n) is 3.84. The van der Waals surface area contributed by atoms with E-state index in [4.69, 9.17) is 5.73 Å². The van der Waals surface area contributed by atoms with Crippen molar-refractivity contribution in [2.24, 2.45) is 17.6 Å². The quantitative estimate of drug-likeness (QED) is 0.798. The van der Waals surface area contributed by atoms with Gasteiger partial charge in [0.1, 0.15) is 0 Å². The van der Waals surface area contributed by atoms with Crippen LogP contribution in [0.2, 0.25) is 0 Å². The molecule has 0 aromatic carbocycles. The Labute approximate surface area is 101 Å². The first-order valence-electron chi connectivity index (χ1n) is 7.15. The minimum Gasteiger partial charge on any atom is -0.329 e. The molecule has 2 fully saturated rings. The Hall–Kier alpha value is -0.0800. The zero-order valence-electron chi connectivity index (χ0n) is 11.0. The predicted molar refractivity (Wildman–Crippen MR) is 69.4 cm³/mol. The Kier molecular flexibility index (Phi) is 3.91. The molecular formula is C14H28N2. The van der Waals surface area contributed by atoms with E-state index in [2.05, 4.69) is 18.7 Å². The fraction of sp³-hybridized carbons (Fsp3) is 1.00. The van der Waals surface area contributed by atoms with Gasteiger partial charge in [0, 0.05) is 12.1 Å². The van der Waals surface area contributed by atoms with E-state index < -0.39 is 0 Å². The van der Waals surface area contributed by atoms with Crippen LogP contribution in [0.4, 0.5) is 0 Å². The normalized spacial score (nSPS) is 41.4. The molecule has 0 amide bonds. The van der Waals surface area contributed by atoms with Crippen LogP contribution >= 0.6 is 0 Å². The van der Waals surface area contributed by atoms with E-state index in [0.717, 1.165) is 18.4 Å². The minimum atomic E-state index is 0.391. The lowest BCUT2D eigenvalue weighted by molar-refractivity contribution is -0.0111. The van der Waals surface area contributed by atoms with Crippen LogP contribution in [0.25, 0.3) is 0 Å². The number of nitrogens with two attached hydrogens (primary N) is 1. The zero-order valence-corrected chi connectivity index (χ0v) is 11.0. The summed E-state index contributed by atoms with van der Waals surface area (Å²) in [5.41, 5.74) is 6.43. The Balaban J connectivity index is 1.93. The summed E-state index contributed by atoms with van der Waals surface area (Å²) in [6.45, 7) is 8.15. The lowest BCUT2D eigenvalue weighted by Gasteiger charge is -2.53. The minimum absolute atomic E-state index is 0.391. The molecule has 1 heterocycles. The van der Waals surface area contributed by atoms with Gasteiger partial charge in [-0.2, -0.15) is 0 Å². The van der Waals surface area contributed by atoms with Gasteiger partial charge in [-0.3, -0.25) is 4.90 Å². The molecule has 1 unspecified atom stereocenters. The average Bonchev–Trinajstić information content (AvgIpc) is 2.49. The van der Waals surface area contributed by atoms with Gasteiger partial charge >= 0.3 is 0 Å². The summed E-state index contributed by atoms with van der Waals surface area (Å²) < 4.78 is 0. The first-order chi connectivity index (χ1) is 7.70. The molecule has 0 aromatic rings. The van der Waals surface area contributed by atoms with Crippen LogP contribution in [0.5, 0.6) is 0 Å². The van der Waals surface area contributed by atoms with E-state index in [-0.39, 0.29) is 0 Å². The van der Waals surface area contributed by atoms with Gasteiger partial charge in [-0.15, -0.1) is 0 Å². The van der Waals surface area contributed by atoms with Gasteiger partial charge in [-0.1, -0.05) is 20.3 Å². The molecule has 0 aromatic heterocycles. The molecule has 2 rings (SSSR count). The third-order valence-corrected chi connectivity index (χ3v) is 4.93. The Morgan fingerprint density at radius 3 is 2.56 bits per heavy atom. The predicted octanol–water partition coefficient (Wildman–Crippen LogP) is 2.63. The molecule has 1 saturated heterocycles. The Morgan fingerprint density at radius 1 is 1.25 bits per heavy atom. The molecular weight excluding hydrogens is 196 g/mol. The number of hydrogen-bond acceptors (Lipinski definition) is 2. The van der Waals surface area contributed by atoms with Crippen LogP contribution in [0.15, 0.2) is 0 Å². The van der Waals surface area contributed by atoms with E-state index in [1.807, 2.05) is 0 Å². The summed E-state index contributed by atoms with van der Waals surface area (Å²) in [5, 5.41) is 0. The van der Waals surface area contributed by atoms with E-state index in [1.54, 1.807) is 0 Å². The molecule has 0 bridgehead atoms. The van der Waals surface area contributed by atoms with Crippen molar-refractivity contribution in [3.8, 4) is 0 Å². The van der Waals surface area contributed by atoms with Gasteiger partial charge < -0.3 is 5.73 Å². The standard InChI is InChI=1S/C14H28N2/c1-3-13-5-4-7-16(8-6-13)14(11-15)9-12(2)10-14/h12-13H,3-11,15H2,1-2H3. The maximum absolute atomic E-state index is 6.04. The Morgan fingerprint density at radius 2 is 2.00 bits per heavy atom. The fourth-order valence-corrected chi connectivity index (χ4v) is 3.84. The summed E-state index contributed by atoms with van der Waals surface area (Å²) in [6, 6.07) is 0. The summed E-state index contributed by atoms with van der Waals surface area (Å²) in [6.07, 6.45) is 8.24. The second-order valence-corrected chi connectivity index (χ2v) is 6.13. The molecule has 2 N–H and O–H groups in total.